The van der Waals surface area contributed by atoms with Gasteiger partial charge in [0.25, 0.3) is 0 Å². The molecular weight excluding hydrogens is 218 g/mol. The molecule has 0 amide bonds. The lowest BCUT2D eigenvalue weighted by Crippen LogP contribution is -2.06. The Bertz CT molecular complexity index is 534. The van der Waals surface area contributed by atoms with Crippen molar-refractivity contribution in [3.63, 3.8) is 0 Å². The van der Waals surface area contributed by atoms with Gasteiger partial charge in [-0.1, -0.05) is 17.3 Å². The standard InChI is InChI=1S/C12H13N3O2/c1-15-8-9(13-14-15)7-11(16)10-5-3-4-6-12(10)17-2/h3-6,8H,7H2,1-2H3. The molecule has 5 heteroatoms. The summed E-state index contributed by atoms with van der Waals surface area (Å²) < 4.78 is 6.72. The SMILES string of the molecule is COc1ccccc1C(=O)Cc1cn(C)nn1. The van der Waals surface area contributed by atoms with Crippen molar-refractivity contribution in [1.82, 2.24) is 15.0 Å². The third kappa shape index (κ3) is 2.50. The van der Waals surface area contributed by atoms with Gasteiger partial charge < -0.3 is 4.74 Å². The summed E-state index contributed by atoms with van der Waals surface area (Å²) in [6, 6.07) is 7.16. The number of ketones is 1. The summed E-state index contributed by atoms with van der Waals surface area (Å²) in [5.41, 5.74) is 1.23. The molecule has 0 spiro atoms. The first kappa shape index (κ1) is 11.3. The molecule has 0 N–H and O–H groups in total. The highest BCUT2D eigenvalue weighted by atomic mass is 16.5. The van der Waals surface area contributed by atoms with Crippen LogP contribution in [0.2, 0.25) is 0 Å². The number of hydrogen-bond donors (Lipinski definition) is 0. The maximum Gasteiger partial charge on any atom is 0.172 e. The largest absolute Gasteiger partial charge is 0.496 e. The number of aromatic nitrogens is 3. The molecule has 0 aliphatic carbocycles. The Morgan fingerprint density at radius 2 is 2.18 bits per heavy atom. The van der Waals surface area contributed by atoms with Crippen molar-refractivity contribution in [2.45, 2.75) is 6.42 Å². The zero-order valence-electron chi connectivity index (χ0n) is 9.75. The number of hydrogen-bond acceptors (Lipinski definition) is 4. The number of para-hydroxylation sites is 1. The number of nitrogens with zero attached hydrogens (tertiary/aromatic N) is 3. The van der Waals surface area contributed by atoms with Crippen molar-refractivity contribution in [2.75, 3.05) is 7.11 Å². The average Bonchev–Trinajstić information content (AvgIpc) is 2.74. The molecule has 0 unspecified atom stereocenters. The van der Waals surface area contributed by atoms with Gasteiger partial charge in [0.15, 0.2) is 5.78 Å². The highest BCUT2D eigenvalue weighted by molar-refractivity contribution is 5.99. The van der Waals surface area contributed by atoms with Crippen molar-refractivity contribution < 1.29 is 9.53 Å². The lowest BCUT2D eigenvalue weighted by atomic mass is 10.1. The van der Waals surface area contributed by atoms with Gasteiger partial charge in [0.2, 0.25) is 0 Å². The minimum absolute atomic E-state index is 0.0250. The molecule has 0 bridgehead atoms. The van der Waals surface area contributed by atoms with Crippen LogP contribution in [-0.2, 0) is 13.5 Å². The van der Waals surface area contributed by atoms with Crippen molar-refractivity contribution >= 4 is 5.78 Å². The Hall–Kier alpha value is -2.17. The van der Waals surface area contributed by atoms with E-state index in [1.165, 1.54) is 0 Å². The van der Waals surface area contributed by atoms with E-state index in [2.05, 4.69) is 10.3 Å². The number of carbonyl (C=O) groups is 1. The Morgan fingerprint density at radius 3 is 2.82 bits per heavy atom. The van der Waals surface area contributed by atoms with E-state index in [1.807, 2.05) is 12.1 Å². The zero-order valence-corrected chi connectivity index (χ0v) is 9.75. The van der Waals surface area contributed by atoms with Crippen molar-refractivity contribution in [2.24, 2.45) is 7.05 Å². The third-order valence-electron chi connectivity index (χ3n) is 2.40. The second-order valence-electron chi connectivity index (χ2n) is 3.68. The molecule has 88 valence electrons. The topological polar surface area (TPSA) is 57.0 Å². The molecule has 0 saturated heterocycles. The molecule has 5 nitrogen and oxygen atoms in total. The number of methoxy groups -OCH3 is 1. The molecular formula is C12H13N3O2. The van der Waals surface area contributed by atoms with Gasteiger partial charge in [0.1, 0.15) is 5.75 Å². The monoisotopic (exact) mass is 231 g/mol. The van der Waals surface area contributed by atoms with Crippen LogP contribution in [0.25, 0.3) is 0 Å². The molecule has 1 aromatic carbocycles. The number of carbonyl (C=O) groups excluding carboxylic acids is 1. The Labute approximate surface area is 99.0 Å². The third-order valence-corrected chi connectivity index (χ3v) is 2.40. The molecule has 1 aromatic heterocycles. The molecule has 17 heavy (non-hydrogen) atoms. The fraction of sp³-hybridized carbons (Fsp3) is 0.250. The molecule has 1 heterocycles. The van der Waals surface area contributed by atoms with Crippen molar-refractivity contribution in [3.8, 4) is 5.75 Å². The second kappa shape index (κ2) is 4.78. The van der Waals surface area contributed by atoms with Crippen LogP contribution in [0.3, 0.4) is 0 Å². The van der Waals surface area contributed by atoms with Gasteiger partial charge in [-0.15, -0.1) is 5.10 Å². The first-order valence-corrected chi connectivity index (χ1v) is 5.22. The second-order valence-corrected chi connectivity index (χ2v) is 3.68. The lowest BCUT2D eigenvalue weighted by Gasteiger charge is -2.05. The van der Waals surface area contributed by atoms with Crippen molar-refractivity contribution in [3.05, 3.63) is 41.7 Å². The van der Waals surface area contributed by atoms with E-state index in [1.54, 1.807) is 37.2 Å². The van der Waals surface area contributed by atoms with E-state index in [0.717, 1.165) is 0 Å². The summed E-state index contributed by atoms with van der Waals surface area (Å²) in [6.07, 6.45) is 1.96. The van der Waals surface area contributed by atoms with Crippen LogP contribution in [0.4, 0.5) is 0 Å². The molecule has 0 atom stereocenters. The number of rotatable bonds is 4. The van der Waals surface area contributed by atoms with Gasteiger partial charge >= 0.3 is 0 Å². The van der Waals surface area contributed by atoms with Gasteiger partial charge in [-0.2, -0.15) is 0 Å². The molecule has 0 aliphatic heterocycles. The summed E-state index contributed by atoms with van der Waals surface area (Å²) in [6.45, 7) is 0. The summed E-state index contributed by atoms with van der Waals surface area (Å²) in [5.74, 6) is 0.560. The lowest BCUT2D eigenvalue weighted by molar-refractivity contribution is 0.0989. The number of ether oxygens (including phenoxy) is 1. The first-order chi connectivity index (χ1) is 8.20. The molecule has 0 fully saturated rings. The number of aryl methyl sites for hydroxylation is 1. The molecule has 0 saturated carbocycles. The molecule has 0 radical (unpaired) electrons. The van der Waals surface area contributed by atoms with E-state index in [-0.39, 0.29) is 12.2 Å². The molecule has 0 aliphatic rings. The van der Waals surface area contributed by atoms with Crippen molar-refractivity contribution in [1.29, 1.82) is 0 Å². The van der Waals surface area contributed by atoms with Crippen LogP contribution < -0.4 is 4.74 Å². The minimum Gasteiger partial charge on any atom is -0.496 e. The van der Waals surface area contributed by atoms with E-state index in [4.69, 9.17) is 4.74 Å². The smallest absolute Gasteiger partial charge is 0.172 e. The van der Waals surface area contributed by atoms with Gasteiger partial charge in [-0.05, 0) is 12.1 Å². The van der Waals surface area contributed by atoms with Gasteiger partial charge in [0.05, 0.1) is 24.8 Å². The van der Waals surface area contributed by atoms with E-state index >= 15 is 0 Å². The Morgan fingerprint density at radius 1 is 1.41 bits per heavy atom. The fourth-order valence-electron chi connectivity index (χ4n) is 1.61. The van der Waals surface area contributed by atoms with Gasteiger partial charge in [0, 0.05) is 13.2 Å². The van der Waals surface area contributed by atoms with E-state index < -0.39 is 0 Å². The maximum atomic E-state index is 12.0. The van der Waals surface area contributed by atoms with E-state index in [9.17, 15) is 4.79 Å². The van der Waals surface area contributed by atoms with Crippen LogP contribution in [0.5, 0.6) is 5.75 Å². The predicted molar refractivity (Wildman–Crippen MR) is 62.0 cm³/mol. The van der Waals surface area contributed by atoms with Gasteiger partial charge in [-0.3, -0.25) is 9.48 Å². The quantitative estimate of drug-likeness (QED) is 0.743. The minimum atomic E-state index is -0.0250. The molecule has 2 aromatic rings. The predicted octanol–water partition coefficient (Wildman–Crippen LogP) is 1.25. The van der Waals surface area contributed by atoms with E-state index in [0.29, 0.717) is 17.0 Å². The van der Waals surface area contributed by atoms with Crippen LogP contribution in [0.15, 0.2) is 30.5 Å². The fourth-order valence-corrected chi connectivity index (χ4v) is 1.61. The Balaban J connectivity index is 2.20. The van der Waals surface area contributed by atoms with Crippen LogP contribution in [0.1, 0.15) is 16.1 Å². The summed E-state index contributed by atoms with van der Waals surface area (Å²) >= 11 is 0. The molecule has 2 rings (SSSR count). The van der Waals surface area contributed by atoms with Crippen LogP contribution >= 0.6 is 0 Å². The zero-order chi connectivity index (χ0) is 12.3. The normalized spacial score (nSPS) is 10.2. The summed E-state index contributed by atoms with van der Waals surface area (Å²) in [5, 5.41) is 7.68. The highest BCUT2D eigenvalue weighted by Crippen LogP contribution is 2.18. The summed E-state index contributed by atoms with van der Waals surface area (Å²) in [4.78, 5) is 12.0. The van der Waals surface area contributed by atoms with Crippen LogP contribution in [0, 0.1) is 0 Å². The average molecular weight is 231 g/mol. The van der Waals surface area contributed by atoms with Gasteiger partial charge in [-0.25, -0.2) is 0 Å². The summed E-state index contributed by atoms with van der Waals surface area (Å²) in [7, 11) is 3.32. The highest BCUT2D eigenvalue weighted by Gasteiger charge is 2.13. The Kier molecular flexibility index (Phi) is 3.18. The number of Topliss-reactive ketones (excluding diaryl/α,β-unsaturated/α-hetero) is 1. The van der Waals surface area contributed by atoms with Crippen LogP contribution in [-0.4, -0.2) is 27.9 Å². The number of benzene rings is 1. The maximum absolute atomic E-state index is 12.0. The first-order valence-electron chi connectivity index (χ1n) is 5.22.